The molecule has 0 saturated heterocycles. The molecule has 23 heavy (non-hydrogen) atoms. The summed E-state index contributed by atoms with van der Waals surface area (Å²) < 4.78 is 4.69. The first kappa shape index (κ1) is 16.7. The average Bonchev–Trinajstić information content (AvgIpc) is 2.54. The summed E-state index contributed by atoms with van der Waals surface area (Å²) in [4.78, 5) is 35.7. The molecule has 0 aliphatic carbocycles. The van der Waals surface area contributed by atoms with Gasteiger partial charge in [-0.1, -0.05) is 32.0 Å². The standard InChI is InChI=1S/C16H19N3O4/c1-9(2)14(16(22)23-3)17-13(20)8-12-10-6-4-5-7-11(10)15(21)19-18-12/h4-7,9,14H,8H2,1-3H3,(H,17,20)(H,19,21)/t14-/m1/s1. The number of rotatable bonds is 5. The minimum Gasteiger partial charge on any atom is -0.467 e. The fourth-order valence-electron chi connectivity index (χ4n) is 2.31. The molecule has 0 bridgehead atoms. The summed E-state index contributed by atoms with van der Waals surface area (Å²) in [5, 5.41) is 10.1. The smallest absolute Gasteiger partial charge is 0.328 e. The fraction of sp³-hybridized carbons (Fsp3) is 0.375. The number of amides is 1. The van der Waals surface area contributed by atoms with Crippen LogP contribution in [0.2, 0.25) is 0 Å². The van der Waals surface area contributed by atoms with Gasteiger partial charge >= 0.3 is 5.97 Å². The van der Waals surface area contributed by atoms with Gasteiger partial charge in [-0.05, 0) is 12.0 Å². The van der Waals surface area contributed by atoms with E-state index in [1.54, 1.807) is 24.3 Å². The number of esters is 1. The van der Waals surface area contributed by atoms with E-state index in [0.717, 1.165) is 0 Å². The van der Waals surface area contributed by atoms with Crippen LogP contribution in [-0.2, 0) is 20.7 Å². The van der Waals surface area contributed by atoms with Crippen molar-refractivity contribution in [3.63, 3.8) is 0 Å². The summed E-state index contributed by atoms with van der Waals surface area (Å²) >= 11 is 0. The van der Waals surface area contributed by atoms with Gasteiger partial charge in [0.25, 0.3) is 5.56 Å². The van der Waals surface area contributed by atoms with Crippen LogP contribution in [0.25, 0.3) is 10.8 Å². The third kappa shape index (κ3) is 3.74. The Morgan fingerprint density at radius 1 is 1.26 bits per heavy atom. The first-order valence-electron chi connectivity index (χ1n) is 7.27. The minimum absolute atomic E-state index is 0.0441. The number of methoxy groups -OCH3 is 1. The van der Waals surface area contributed by atoms with Gasteiger partial charge in [-0.3, -0.25) is 9.59 Å². The van der Waals surface area contributed by atoms with Gasteiger partial charge < -0.3 is 10.1 Å². The lowest BCUT2D eigenvalue weighted by molar-refractivity contribution is -0.146. The number of nitrogens with zero attached hydrogens (tertiary/aromatic N) is 1. The lowest BCUT2D eigenvalue weighted by atomic mass is 10.0. The van der Waals surface area contributed by atoms with E-state index in [0.29, 0.717) is 16.5 Å². The van der Waals surface area contributed by atoms with Crippen molar-refractivity contribution in [3.8, 4) is 0 Å². The van der Waals surface area contributed by atoms with Crippen LogP contribution in [0.4, 0.5) is 0 Å². The molecule has 0 aliphatic heterocycles. The molecular formula is C16H19N3O4. The summed E-state index contributed by atoms with van der Waals surface area (Å²) in [6.45, 7) is 3.63. The topological polar surface area (TPSA) is 101 Å². The molecule has 0 spiro atoms. The van der Waals surface area contributed by atoms with Crippen LogP contribution in [0.3, 0.4) is 0 Å². The molecule has 0 radical (unpaired) electrons. The number of carbonyl (C=O) groups excluding carboxylic acids is 2. The second-order valence-corrected chi connectivity index (χ2v) is 5.53. The third-order valence-electron chi connectivity index (χ3n) is 3.54. The van der Waals surface area contributed by atoms with E-state index < -0.39 is 12.0 Å². The maximum absolute atomic E-state index is 12.2. The Morgan fingerprint density at radius 3 is 2.52 bits per heavy atom. The van der Waals surface area contributed by atoms with E-state index in [1.807, 2.05) is 13.8 Å². The highest BCUT2D eigenvalue weighted by atomic mass is 16.5. The van der Waals surface area contributed by atoms with Crippen LogP contribution in [0.5, 0.6) is 0 Å². The predicted molar refractivity (Wildman–Crippen MR) is 84.9 cm³/mol. The molecule has 1 aromatic heterocycles. The van der Waals surface area contributed by atoms with E-state index in [4.69, 9.17) is 4.74 Å². The molecule has 1 atom stereocenters. The van der Waals surface area contributed by atoms with Crippen molar-refractivity contribution in [1.82, 2.24) is 15.5 Å². The van der Waals surface area contributed by atoms with Crippen molar-refractivity contribution in [2.45, 2.75) is 26.3 Å². The summed E-state index contributed by atoms with van der Waals surface area (Å²) in [7, 11) is 1.28. The van der Waals surface area contributed by atoms with Crippen molar-refractivity contribution in [2.75, 3.05) is 7.11 Å². The molecule has 2 aromatic rings. The van der Waals surface area contributed by atoms with E-state index in [-0.39, 0.29) is 23.8 Å². The maximum atomic E-state index is 12.2. The van der Waals surface area contributed by atoms with Gasteiger partial charge in [0.1, 0.15) is 6.04 Å². The van der Waals surface area contributed by atoms with Gasteiger partial charge in [0.05, 0.1) is 24.6 Å². The monoisotopic (exact) mass is 317 g/mol. The Bertz CT molecular complexity index is 782. The molecule has 122 valence electrons. The number of hydrogen-bond donors (Lipinski definition) is 2. The normalized spacial score (nSPS) is 12.2. The van der Waals surface area contributed by atoms with E-state index >= 15 is 0 Å². The maximum Gasteiger partial charge on any atom is 0.328 e. The van der Waals surface area contributed by atoms with Gasteiger partial charge in [0.15, 0.2) is 0 Å². The number of fused-ring (bicyclic) bond motifs is 1. The number of hydrogen-bond acceptors (Lipinski definition) is 5. The van der Waals surface area contributed by atoms with Crippen molar-refractivity contribution in [2.24, 2.45) is 5.92 Å². The minimum atomic E-state index is -0.721. The van der Waals surface area contributed by atoms with Crippen molar-refractivity contribution in [3.05, 3.63) is 40.3 Å². The summed E-state index contributed by atoms with van der Waals surface area (Å²) in [5.41, 5.74) is 0.143. The quantitative estimate of drug-likeness (QED) is 0.794. The van der Waals surface area contributed by atoms with Gasteiger partial charge in [-0.15, -0.1) is 0 Å². The van der Waals surface area contributed by atoms with Crippen LogP contribution >= 0.6 is 0 Å². The van der Waals surface area contributed by atoms with Crippen LogP contribution in [0.1, 0.15) is 19.5 Å². The Labute approximate surface area is 133 Å². The highest BCUT2D eigenvalue weighted by Crippen LogP contribution is 2.13. The van der Waals surface area contributed by atoms with Crippen molar-refractivity contribution >= 4 is 22.6 Å². The molecule has 7 nitrogen and oxygen atoms in total. The van der Waals surface area contributed by atoms with Gasteiger partial charge in [-0.2, -0.15) is 5.10 Å². The number of aromatic nitrogens is 2. The second-order valence-electron chi connectivity index (χ2n) is 5.53. The Kier molecular flexibility index (Phi) is 5.10. The van der Waals surface area contributed by atoms with Crippen LogP contribution in [0.15, 0.2) is 29.1 Å². The van der Waals surface area contributed by atoms with Crippen LogP contribution in [-0.4, -0.2) is 35.2 Å². The number of aromatic amines is 1. The SMILES string of the molecule is COC(=O)[C@H](NC(=O)Cc1n[nH]c(=O)c2ccccc12)C(C)C. The molecule has 1 amide bonds. The summed E-state index contributed by atoms with van der Waals surface area (Å²) in [6.07, 6.45) is -0.0441. The molecule has 2 rings (SSSR count). The number of nitrogens with one attached hydrogen (secondary N) is 2. The predicted octanol–water partition coefficient (Wildman–Crippen LogP) is 0.779. The molecule has 7 heteroatoms. The van der Waals surface area contributed by atoms with E-state index in [9.17, 15) is 14.4 Å². The highest BCUT2D eigenvalue weighted by Gasteiger charge is 2.25. The zero-order valence-electron chi connectivity index (χ0n) is 13.3. The molecule has 0 aliphatic rings. The van der Waals surface area contributed by atoms with Gasteiger partial charge in [-0.25, -0.2) is 9.89 Å². The number of benzene rings is 1. The largest absolute Gasteiger partial charge is 0.467 e. The zero-order valence-corrected chi connectivity index (χ0v) is 13.3. The molecule has 1 heterocycles. The third-order valence-corrected chi connectivity index (χ3v) is 3.54. The van der Waals surface area contributed by atoms with Gasteiger partial charge in [0.2, 0.25) is 5.91 Å². The Hall–Kier alpha value is -2.70. The average molecular weight is 317 g/mol. The first-order chi connectivity index (χ1) is 10.9. The molecule has 2 N–H and O–H groups in total. The summed E-state index contributed by atoms with van der Waals surface area (Å²) in [6, 6.07) is 6.20. The van der Waals surface area contributed by atoms with Crippen molar-refractivity contribution < 1.29 is 14.3 Å². The lowest BCUT2D eigenvalue weighted by Crippen LogP contribution is -2.45. The summed E-state index contributed by atoms with van der Waals surface area (Å²) in [5.74, 6) is -0.960. The Balaban J connectivity index is 2.22. The molecule has 0 saturated carbocycles. The molecule has 0 fully saturated rings. The second kappa shape index (κ2) is 7.04. The van der Waals surface area contributed by atoms with E-state index in [2.05, 4.69) is 15.5 Å². The lowest BCUT2D eigenvalue weighted by Gasteiger charge is -2.19. The number of carbonyl (C=O) groups is 2. The van der Waals surface area contributed by atoms with Gasteiger partial charge in [0, 0.05) is 5.39 Å². The zero-order chi connectivity index (χ0) is 17.0. The Morgan fingerprint density at radius 2 is 1.91 bits per heavy atom. The fourth-order valence-corrected chi connectivity index (χ4v) is 2.31. The van der Waals surface area contributed by atoms with Crippen LogP contribution < -0.4 is 10.9 Å². The molecular weight excluding hydrogens is 298 g/mol. The molecule has 1 aromatic carbocycles. The highest BCUT2D eigenvalue weighted by molar-refractivity contribution is 5.90. The van der Waals surface area contributed by atoms with Crippen LogP contribution in [0, 0.1) is 5.92 Å². The number of H-pyrrole nitrogens is 1. The number of ether oxygens (including phenoxy) is 1. The molecule has 0 unspecified atom stereocenters. The first-order valence-corrected chi connectivity index (χ1v) is 7.27. The van der Waals surface area contributed by atoms with E-state index in [1.165, 1.54) is 7.11 Å². The van der Waals surface area contributed by atoms with Crippen molar-refractivity contribution in [1.29, 1.82) is 0 Å².